The maximum atomic E-state index is 12.7. The minimum absolute atomic E-state index is 0.0302. The van der Waals surface area contributed by atoms with E-state index in [0.717, 1.165) is 41.3 Å². The van der Waals surface area contributed by atoms with Crippen molar-refractivity contribution in [3.63, 3.8) is 0 Å². The molecule has 0 aromatic carbocycles. The minimum atomic E-state index is -3.50. The van der Waals surface area contributed by atoms with Crippen LogP contribution in [0.2, 0.25) is 0 Å². The number of amides is 1. The summed E-state index contributed by atoms with van der Waals surface area (Å²) < 4.78 is 35.8. The van der Waals surface area contributed by atoms with Gasteiger partial charge in [-0.25, -0.2) is 18.4 Å². The lowest BCUT2D eigenvalue weighted by Crippen LogP contribution is -2.35. The van der Waals surface area contributed by atoms with Crippen molar-refractivity contribution in [2.45, 2.75) is 63.4 Å². The lowest BCUT2D eigenvalue weighted by molar-refractivity contribution is -0.0729. The number of carbonyl (C=O) groups is 1. The fraction of sp³-hybridized carbons (Fsp3) is 0.345. The Morgan fingerprint density at radius 3 is 2.50 bits per heavy atom. The van der Waals surface area contributed by atoms with Crippen LogP contribution in [0, 0.1) is 6.92 Å². The number of ether oxygens (including phenoxy) is 2. The van der Waals surface area contributed by atoms with Crippen molar-refractivity contribution in [3.05, 3.63) is 71.9 Å². The standard InChI is InChI=1S/C29H31N5O5S/c1-17-9-24(10-18(2)38-17)39-28-8-6-20(14-32-28)25-7-5-21-13-31-23(12-26(21)34-25)16-33-29(35)22-11-27(40(4,36)37)19(3)30-15-22/h5-8,11-15,17-18,24H,9-10,16H2,1-4H3,(H,33,35)/t17-,18+,24?. The highest BCUT2D eigenvalue weighted by Gasteiger charge is 2.26. The Labute approximate surface area is 233 Å². The molecule has 0 aliphatic carbocycles. The third-order valence-electron chi connectivity index (χ3n) is 6.74. The molecule has 1 unspecified atom stereocenters. The molecule has 4 aromatic rings. The van der Waals surface area contributed by atoms with Gasteiger partial charge >= 0.3 is 0 Å². The van der Waals surface area contributed by atoms with Crippen LogP contribution in [0.4, 0.5) is 0 Å². The molecule has 1 fully saturated rings. The molecule has 0 bridgehead atoms. The Bertz CT molecular complexity index is 1650. The molecule has 40 heavy (non-hydrogen) atoms. The number of aryl methyl sites for hydroxylation is 1. The third-order valence-corrected chi connectivity index (χ3v) is 7.95. The molecule has 3 atom stereocenters. The van der Waals surface area contributed by atoms with E-state index < -0.39 is 15.7 Å². The zero-order valence-electron chi connectivity index (χ0n) is 22.8. The quantitative estimate of drug-likeness (QED) is 0.354. The second kappa shape index (κ2) is 11.3. The first-order valence-electron chi connectivity index (χ1n) is 13.0. The van der Waals surface area contributed by atoms with Gasteiger partial charge in [0.1, 0.15) is 6.10 Å². The smallest absolute Gasteiger partial charge is 0.253 e. The van der Waals surface area contributed by atoms with Crippen LogP contribution in [-0.2, 0) is 21.1 Å². The van der Waals surface area contributed by atoms with E-state index in [2.05, 4.69) is 34.1 Å². The second-order valence-electron chi connectivity index (χ2n) is 10.2. The normalized spacial score (nSPS) is 19.4. The number of hydrogen-bond acceptors (Lipinski definition) is 9. The minimum Gasteiger partial charge on any atom is -0.474 e. The average molecular weight is 562 g/mol. The lowest BCUT2D eigenvalue weighted by atomic mass is 10.0. The van der Waals surface area contributed by atoms with Crippen molar-refractivity contribution in [3.8, 4) is 17.1 Å². The molecule has 0 saturated carbocycles. The Kier molecular flexibility index (Phi) is 7.77. The van der Waals surface area contributed by atoms with Gasteiger partial charge in [0.05, 0.1) is 51.8 Å². The molecule has 1 aliphatic rings. The summed E-state index contributed by atoms with van der Waals surface area (Å²) in [5, 5.41) is 3.63. The monoisotopic (exact) mass is 561 g/mol. The largest absolute Gasteiger partial charge is 0.474 e. The van der Waals surface area contributed by atoms with Crippen molar-refractivity contribution < 1.29 is 22.7 Å². The number of aromatic nitrogens is 4. The van der Waals surface area contributed by atoms with E-state index in [1.165, 1.54) is 12.3 Å². The fourth-order valence-electron chi connectivity index (χ4n) is 4.81. The first-order valence-corrected chi connectivity index (χ1v) is 14.9. The Balaban J connectivity index is 1.27. The number of fused-ring (bicyclic) bond motifs is 1. The van der Waals surface area contributed by atoms with Gasteiger partial charge in [-0.05, 0) is 51.1 Å². The van der Waals surface area contributed by atoms with E-state index in [9.17, 15) is 13.2 Å². The van der Waals surface area contributed by atoms with Crippen molar-refractivity contribution in [2.24, 2.45) is 0 Å². The SMILES string of the molecule is Cc1ncc(C(=O)NCc2cc3nc(-c4ccc(OC5C[C@@H](C)O[C@@H](C)C5)nc4)ccc3cn2)cc1S(C)(=O)=O. The van der Waals surface area contributed by atoms with Gasteiger partial charge in [-0.3, -0.25) is 14.8 Å². The van der Waals surface area contributed by atoms with Crippen molar-refractivity contribution in [1.29, 1.82) is 0 Å². The highest BCUT2D eigenvalue weighted by molar-refractivity contribution is 7.90. The number of sulfone groups is 1. The summed E-state index contributed by atoms with van der Waals surface area (Å²) in [5.74, 6) is 0.129. The maximum absolute atomic E-state index is 12.7. The van der Waals surface area contributed by atoms with Gasteiger partial charge in [0, 0.05) is 54.7 Å². The summed E-state index contributed by atoms with van der Waals surface area (Å²) in [4.78, 5) is 30.5. The molecule has 0 spiro atoms. The molecule has 1 N–H and O–H groups in total. The van der Waals surface area contributed by atoms with Crippen molar-refractivity contribution in [2.75, 3.05) is 6.26 Å². The molecular weight excluding hydrogens is 530 g/mol. The Morgan fingerprint density at radius 1 is 1.02 bits per heavy atom. The van der Waals surface area contributed by atoms with E-state index in [1.807, 2.05) is 30.3 Å². The van der Waals surface area contributed by atoms with Gasteiger partial charge in [-0.1, -0.05) is 0 Å². The van der Waals surface area contributed by atoms with E-state index in [-0.39, 0.29) is 35.3 Å². The van der Waals surface area contributed by atoms with Crippen LogP contribution in [0.15, 0.2) is 59.9 Å². The van der Waals surface area contributed by atoms with Crippen LogP contribution in [0.25, 0.3) is 22.2 Å². The van der Waals surface area contributed by atoms with Gasteiger partial charge in [-0.15, -0.1) is 0 Å². The molecule has 1 amide bonds. The predicted octanol–water partition coefficient (Wildman–Crippen LogP) is 4.06. The summed E-state index contributed by atoms with van der Waals surface area (Å²) in [7, 11) is -3.50. The van der Waals surface area contributed by atoms with Gasteiger partial charge < -0.3 is 14.8 Å². The number of pyridine rings is 4. The van der Waals surface area contributed by atoms with E-state index >= 15 is 0 Å². The number of nitrogens with zero attached hydrogens (tertiary/aromatic N) is 4. The molecule has 5 heterocycles. The highest BCUT2D eigenvalue weighted by Crippen LogP contribution is 2.26. The van der Waals surface area contributed by atoms with Crippen LogP contribution in [0.1, 0.15) is 48.4 Å². The van der Waals surface area contributed by atoms with E-state index in [4.69, 9.17) is 14.5 Å². The molecule has 208 valence electrons. The summed E-state index contributed by atoms with van der Waals surface area (Å²) >= 11 is 0. The summed E-state index contributed by atoms with van der Waals surface area (Å²) in [5.41, 5.74) is 3.43. The maximum Gasteiger partial charge on any atom is 0.253 e. The summed E-state index contributed by atoms with van der Waals surface area (Å²) in [6, 6.07) is 10.8. The third kappa shape index (κ3) is 6.43. The number of hydrogen-bond donors (Lipinski definition) is 1. The summed E-state index contributed by atoms with van der Waals surface area (Å²) in [6.07, 6.45) is 7.96. The fourth-order valence-corrected chi connectivity index (χ4v) is 5.74. The van der Waals surface area contributed by atoms with Crippen molar-refractivity contribution >= 4 is 26.6 Å². The van der Waals surface area contributed by atoms with Gasteiger partial charge in [0.15, 0.2) is 9.84 Å². The van der Waals surface area contributed by atoms with Crippen LogP contribution >= 0.6 is 0 Å². The predicted molar refractivity (Wildman–Crippen MR) is 150 cm³/mol. The molecule has 1 saturated heterocycles. The van der Waals surface area contributed by atoms with E-state index in [0.29, 0.717) is 17.3 Å². The zero-order chi connectivity index (χ0) is 28.4. The van der Waals surface area contributed by atoms with Crippen LogP contribution in [0.5, 0.6) is 5.88 Å². The average Bonchev–Trinajstić information content (AvgIpc) is 2.91. The molecule has 1 aliphatic heterocycles. The van der Waals surface area contributed by atoms with Crippen LogP contribution in [-0.4, -0.2) is 58.8 Å². The van der Waals surface area contributed by atoms with Gasteiger partial charge in [0.25, 0.3) is 5.91 Å². The number of nitrogens with one attached hydrogen (secondary N) is 1. The van der Waals surface area contributed by atoms with Crippen LogP contribution in [0.3, 0.4) is 0 Å². The van der Waals surface area contributed by atoms with Crippen LogP contribution < -0.4 is 10.1 Å². The van der Waals surface area contributed by atoms with Gasteiger partial charge in [0.2, 0.25) is 5.88 Å². The second-order valence-corrected chi connectivity index (χ2v) is 12.2. The number of rotatable bonds is 7. The molecular formula is C29H31N5O5S. The molecule has 0 radical (unpaired) electrons. The highest BCUT2D eigenvalue weighted by atomic mass is 32.2. The first kappa shape index (κ1) is 27.6. The van der Waals surface area contributed by atoms with Crippen molar-refractivity contribution in [1.82, 2.24) is 25.3 Å². The van der Waals surface area contributed by atoms with Gasteiger partial charge in [-0.2, -0.15) is 0 Å². The Hall–Kier alpha value is -3.96. The number of carbonyl (C=O) groups excluding carboxylic acids is 1. The van der Waals surface area contributed by atoms with E-state index in [1.54, 1.807) is 19.3 Å². The first-order chi connectivity index (χ1) is 19.0. The topological polar surface area (TPSA) is 133 Å². The Morgan fingerprint density at radius 2 is 1.80 bits per heavy atom. The molecule has 10 nitrogen and oxygen atoms in total. The molecule has 4 aromatic heterocycles. The molecule has 5 rings (SSSR count). The lowest BCUT2D eigenvalue weighted by Gasteiger charge is -2.31. The molecule has 11 heteroatoms. The summed E-state index contributed by atoms with van der Waals surface area (Å²) in [6.45, 7) is 5.84. The zero-order valence-corrected chi connectivity index (χ0v) is 23.6.